The SMILES string of the molecule is O=C1Nc2cc(Cl)cc(Cl)c2C1(Br)c1ccc(Cl)cc1. The summed E-state index contributed by atoms with van der Waals surface area (Å²) in [5, 5.41) is 4.30. The average molecular weight is 391 g/mol. The predicted octanol–water partition coefficient (Wildman–Crippen LogP) is 5.24. The lowest BCUT2D eigenvalue weighted by Gasteiger charge is -2.21. The van der Waals surface area contributed by atoms with Crippen LogP contribution in [0.4, 0.5) is 5.69 Å². The number of alkyl halides is 1. The van der Waals surface area contributed by atoms with Crippen LogP contribution in [0.15, 0.2) is 36.4 Å². The topological polar surface area (TPSA) is 29.1 Å². The molecule has 1 atom stereocenters. The minimum Gasteiger partial charge on any atom is -0.324 e. The van der Waals surface area contributed by atoms with Crippen LogP contribution in [0, 0.1) is 0 Å². The van der Waals surface area contributed by atoms with Gasteiger partial charge in [-0.3, -0.25) is 4.79 Å². The van der Waals surface area contributed by atoms with E-state index in [1.807, 2.05) is 0 Å². The van der Waals surface area contributed by atoms with Crippen LogP contribution in [-0.2, 0) is 9.12 Å². The number of halogens is 4. The number of carbonyl (C=O) groups is 1. The second kappa shape index (κ2) is 4.92. The zero-order valence-electron chi connectivity index (χ0n) is 9.88. The third kappa shape index (κ3) is 2.04. The maximum absolute atomic E-state index is 12.4. The van der Waals surface area contributed by atoms with Crippen molar-refractivity contribution < 1.29 is 4.79 Å². The molecule has 1 amide bonds. The minimum absolute atomic E-state index is 0.209. The van der Waals surface area contributed by atoms with Gasteiger partial charge in [-0.2, -0.15) is 0 Å². The first-order valence-electron chi connectivity index (χ1n) is 5.69. The molecule has 2 aromatic rings. The van der Waals surface area contributed by atoms with E-state index in [1.165, 1.54) is 0 Å². The molecule has 0 aliphatic carbocycles. The zero-order valence-corrected chi connectivity index (χ0v) is 13.7. The highest BCUT2D eigenvalue weighted by molar-refractivity contribution is 9.10. The van der Waals surface area contributed by atoms with Gasteiger partial charge in [0.25, 0.3) is 5.91 Å². The summed E-state index contributed by atoms with van der Waals surface area (Å²) >= 11 is 21.7. The van der Waals surface area contributed by atoms with E-state index in [-0.39, 0.29) is 5.91 Å². The summed E-state index contributed by atoms with van der Waals surface area (Å²) in [6, 6.07) is 10.3. The zero-order chi connectivity index (χ0) is 14.5. The lowest BCUT2D eigenvalue weighted by Crippen LogP contribution is -2.29. The second-order valence-electron chi connectivity index (χ2n) is 4.43. The Hall–Kier alpha value is -0.740. The Morgan fingerprint density at radius 3 is 2.30 bits per heavy atom. The van der Waals surface area contributed by atoms with E-state index >= 15 is 0 Å². The fraction of sp³-hybridized carbons (Fsp3) is 0.0714. The van der Waals surface area contributed by atoms with Crippen LogP contribution >= 0.6 is 50.7 Å². The number of amides is 1. The van der Waals surface area contributed by atoms with E-state index < -0.39 is 4.32 Å². The molecule has 0 spiro atoms. The minimum atomic E-state index is -1.03. The maximum atomic E-state index is 12.4. The molecule has 1 aliphatic heterocycles. The number of anilines is 1. The molecular weight excluding hydrogens is 384 g/mol. The Balaban J connectivity index is 2.25. The third-order valence-electron chi connectivity index (χ3n) is 3.20. The molecule has 1 aliphatic rings. The van der Waals surface area contributed by atoms with Crippen molar-refractivity contribution in [2.75, 3.05) is 5.32 Å². The quantitative estimate of drug-likeness (QED) is 0.662. The van der Waals surface area contributed by atoms with Gasteiger partial charge in [0.15, 0.2) is 4.32 Å². The number of carbonyl (C=O) groups excluding carboxylic acids is 1. The predicted molar refractivity (Wildman–Crippen MR) is 86.3 cm³/mol. The van der Waals surface area contributed by atoms with Gasteiger partial charge in [-0.15, -0.1) is 0 Å². The number of nitrogens with one attached hydrogen (secondary N) is 1. The second-order valence-corrected chi connectivity index (χ2v) is 6.90. The standard InChI is InChI=1S/C14H7BrCl3NO/c15-14(7-1-3-8(16)4-2-7)12-10(18)5-9(17)6-11(12)19-13(14)20/h1-6H,(H,19,20). The Morgan fingerprint density at radius 2 is 1.65 bits per heavy atom. The molecule has 6 heteroatoms. The number of rotatable bonds is 1. The van der Waals surface area contributed by atoms with Crippen molar-refractivity contribution in [3.8, 4) is 0 Å². The largest absolute Gasteiger partial charge is 0.324 e. The monoisotopic (exact) mass is 389 g/mol. The Bertz CT molecular complexity index is 717. The molecule has 3 rings (SSSR count). The molecule has 0 radical (unpaired) electrons. The van der Waals surface area contributed by atoms with E-state index in [9.17, 15) is 4.79 Å². The van der Waals surface area contributed by atoms with E-state index in [0.29, 0.717) is 26.3 Å². The van der Waals surface area contributed by atoms with Crippen molar-refractivity contribution in [2.24, 2.45) is 0 Å². The molecule has 0 aromatic heterocycles. The molecule has 20 heavy (non-hydrogen) atoms. The molecule has 1 heterocycles. The Kier molecular flexibility index (Phi) is 3.49. The fourth-order valence-electron chi connectivity index (χ4n) is 2.30. The molecule has 0 saturated carbocycles. The molecular formula is C14H7BrCl3NO. The molecule has 1 N–H and O–H groups in total. The van der Waals surface area contributed by atoms with Crippen molar-refractivity contribution in [3.05, 3.63) is 62.6 Å². The van der Waals surface area contributed by atoms with Crippen molar-refractivity contribution >= 4 is 62.3 Å². The van der Waals surface area contributed by atoms with Gasteiger partial charge in [0.2, 0.25) is 0 Å². The number of hydrogen-bond acceptors (Lipinski definition) is 1. The first-order chi connectivity index (χ1) is 9.42. The van der Waals surface area contributed by atoms with Gasteiger partial charge in [-0.1, -0.05) is 62.9 Å². The van der Waals surface area contributed by atoms with E-state index in [0.717, 1.165) is 5.56 Å². The lowest BCUT2D eigenvalue weighted by molar-refractivity contribution is -0.116. The number of benzene rings is 2. The van der Waals surface area contributed by atoms with Gasteiger partial charge in [0.05, 0.1) is 0 Å². The summed E-state index contributed by atoms with van der Waals surface area (Å²) in [5.74, 6) is -0.209. The summed E-state index contributed by atoms with van der Waals surface area (Å²) < 4.78 is -1.03. The van der Waals surface area contributed by atoms with E-state index in [2.05, 4.69) is 21.2 Å². The van der Waals surface area contributed by atoms with Crippen LogP contribution < -0.4 is 5.32 Å². The lowest BCUT2D eigenvalue weighted by atomic mass is 9.92. The molecule has 0 fully saturated rings. The third-order valence-corrected chi connectivity index (χ3v) is 5.19. The maximum Gasteiger partial charge on any atom is 0.250 e. The van der Waals surface area contributed by atoms with Crippen molar-refractivity contribution in [3.63, 3.8) is 0 Å². The average Bonchev–Trinajstić information content (AvgIpc) is 2.62. The van der Waals surface area contributed by atoms with Gasteiger partial charge in [0, 0.05) is 26.3 Å². The van der Waals surface area contributed by atoms with Crippen LogP contribution in [-0.4, -0.2) is 5.91 Å². The Labute approximate surface area is 139 Å². The molecule has 2 nitrogen and oxygen atoms in total. The van der Waals surface area contributed by atoms with Crippen LogP contribution in [0.25, 0.3) is 0 Å². The van der Waals surface area contributed by atoms with Crippen molar-refractivity contribution in [2.45, 2.75) is 4.32 Å². The first-order valence-corrected chi connectivity index (χ1v) is 7.61. The van der Waals surface area contributed by atoms with Crippen LogP contribution in [0.5, 0.6) is 0 Å². The van der Waals surface area contributed by atoms with Crippen LogP contribution in [0.2, 0.25) is 15.1 Å². The van der Waals surface area contributed by atoms with Crippen LogP contribution in [0.3, 0.4) is 0 Å². The van der Waals surface area contributed by atoms with Crippen LogP contribution in [0.1, 0.15) is 11.1 Å². The Morgan fingerprint density at radius 1 is 1.00 bits per heavy atom. The van der Waals surface area contributed by atoms with E-state index in [1.54, 1.807) is 36.4 Å². The fourth-order valence-corrected chi connectivity index (χ4v) is 3.97. The molecule has 0 bridgehead atoms. The summed E-state index contributed by atoms with van der Waals surface area (Å²) in [7, 11) is 0. The van der Waals surface area contributed by atoms with Gasteiger partial charge in [-0.25, -0.2) is 0 Å². The summed E-state index contributed by atoms with van der Waals surface area (Å²) in [6.45, 7) is 0. The number of fused-ring (bicyclic) bond motifs is 1. The van der Waals surface area contributed by atoms with Crippen molar-refractivity contribution in [1.29, 1.82) is 0 Å². The van der Waals surface area contributed by atoms with Gasteiger partial charge < -0.3 is 5.32 Å². The highest BCUT2D eigenvalue weighted by Gasteiger charge is 2.47. The molecule has 1 unspecified atom stereocenters. The molecule has 0 saturated heterocycles. The van der Waals surface area contributed by atoms with Crippen molar-refractivity contribution in [1.82, 2.24) is 0 Å². The smallest absolute Gasteiger partial charge is 0.250 e. The molecule has 2 aromatic carbocycles. The highest BCUT2D eigenvalue weighted by Crippen LogP contribution is 2.51. The molecule has 102 valence electrons. The van der Waals surface area contributed by atoms with Gasteiger partial charge in [-0.05, 0) is 29.8 Å². The van der Waals surface area contributed by atoms with Gasteiger partial charge in [0.1, 0.15) is 0 Å². The first kappa shape index (κ1) is 14.2. The number of hydrogen-bond donors (Lipinski definition) is 1. The normalized spacial score (nSPS) is 20.7. The summed E-state index contributed by atoms with van der Waals surface area (Å²) in [4.78, 5) is 12.4. The summed E-state index contributed by atoms with van der Waals surface area (Å²) in [5.41, 5.74) is 2.03. The highest BCUT2D eigenvalue weighted by atomic mass is 79.9. The van der Waals surface area contributed by atoms with Gasteiger partial charge >= 0.3 is 0 Å². The van der Waals surface area contributed by atoms with E-state index in [4.69, 9.17) is 34.8 Å². The summed E-state index contributed by atoms with van der Waals surface area (Å²) in [6.07, 6.45) is 0.